The van der Waals surface area contributed by atoms with Gasteiger partial charge in [0.2, 0.25) is 0 Å². The molecule has 0 aliphatic heterocycles. The van der Waals surface area contributed by atoms with E-state index in [1.807, 2.05) is 0 Å². The van der Waals surface area contributed by atoms with Crippen molar-refractivity contribution in [2.45, 2.75) is 13.1 Å². The Balaban J connectivity index is 1.79. The van der Waals surface area contributed by atoms with Crippen LogP contribution in [0.25, 0.3) is 0 Å². The molecule has 0 fully saturated rings. The fourth-order valence-electron chi connectivity index (χ4n) is 2.55. The lowest BCUT2D eigenvalue weighted by Crippen LogP contribution is -2.24. The van der Waals surface area contributed by atoms with Crippen LogP contribution in [0, 0.1) is 5.82 Å². The third kappa shape index (κ3) is 4.96. The predicted octanol–water partition coefficient (Wildman–Crippen LogP) is 2.10. The standard InChI is InChI=1S/C20H19FN4O4/c1-28-17-5-3-13(20(27)23-10-14-8-19(26)25-11-24-14)7-18(17)29-16-4-2-12(9-22)6-15(16)21/h2-8,11H,9-10,22H2,1H3,(H,23,27)(H,24,25,26). The van der Waals surface area contributed by atoms with Gasteiger partial charge in [0.25, 0.3) is 11.5 Å². The summed E-state index contributed by atoms with van der Waals surface area (Å²) in [5.74, 6) is -0.511. The minimum atomic E-state index is -0.578. The highest BCUT2D eigenvalue weighted by Crippen LogP contribution is 2.33. The Bertz CT molecular complexity index is 1080. The summed E-state index contributed by atoms with van der Waals surface area (Å²) in [6.07, 6.45) is 1.26. The number of halogens is 1. The quantitative estimate of drug-likeness (QED) is 0.561. The minimum Gasteiger partial charge on any atom is -0.493 e. The van der Waals surface area contributed by atoms with Crippen LogP contribution in [0.4, 0.5) is 4.39 Å². The lowest BCUT2D eigenvalue weighted by atomic mass is 10.1. The lowest BCUT2D eigenvalue weighted by molar-refractivity contribution is 0.0950. The highest BCUT2D eigenvalue weighted by molar-refractivity contribution is 5.94. The predicted molar refractivity (Wildman–Crippen MR) is 103 cm³/mol. The molecule has 3 rings (SSSR count). The number of nitrogens with zero attached hydrogens (tertiary/aromatic N) is 1. The summed E-state index contributed by atoms with van der Waals surface area (Å²) in [5, 5.41) is 2.66. The Kier molecular flexibility index (Phi) is 6.20. The van der Waals surface area contributed by atoms with E-state index in [9.17, 15) is 14.0 Å². The van der Waals surface area contributed by atoms with Crippen LogP contribution >= 0.6 is 0 Å². The number of aromatic nitrogens is 2. The first kappa shape index (κ1) is 20.0. The summed E-state index contributed by atoms with van der Waals surface area (Å²) in [7, 11) is 1.44. The van der Waals surface area contributed by atoms with Crippen LogP contribution < -0.4 is 26.1 Å². The van der Waals surface area contributed by atoms with Crippen LogP contribution in [-0.2, 0) is 13.1 Å². The molecule has 150 valence electrons. The molecule has 9 heteroatoms. The second-order valence-electron chi connectivity index (χ2n) is 6.02. The van der Waals surface area contributed by atoms with E-state index in [-0.39, 0.29) is 35.7 Å². The number of carbonyl (C=O) groups excluding carboxylic acids is 1. The summed E-state index contributed by atoms with van der Waals surface area (Å²) in [5.41, 5.74) is 6.50. The van der Waals surface area contributed by atoms with Crippen molar-refractivity contribution < 1.29 is 18.7 Å². The maximum absolute atomic E-state index is 14.2. The summed E-state index contributed by atoms with van der Waals surface area (Å²) in [4.78, 5) is 30.1. The summed E-state index contributed by atoms with van der Waals surface area (Å²) >= 11 is 0. The van der Waals surface area contributed by atoms with E-state index in [0.29, 0.717) is 17.0 Å². The van der Waals surface area contributed by atoms with Crippen LogP contribution in [0.1, 0.15) is 21.6 Å². The van der Waals surface area contributed by atoms with Crippen LogP contribution in [0.2, 0.25) is 0 Å². The Morgan fingerprint density at radius 2 is 1.97 bits per heavy atom. The second kappa shape index (κ2) is 8.98. The number of methoxy groups -OCH3 is 1. The molecule has 0 aliphatic rings. The van der Waals surface area contributed by atoms with Gasteiger partial charge in [-0.15, -0.1) is 0 Å². The number of H-pyrrole nitrogens is 1. The zero-order valence-electron chi connectivity index (χ0n) is 15.6. The second-order valence-corrected chi connectivity index (χ2v) is 6.02. The molecule has 2 aromatic carbocycles. The summed E-state index contributed by atoms with van der Waals surface area (Å²) in [6.45, 7) is 0.276. The molecular weight excluding hydrogens is 379 g/mol. The van der Waals surface area contributed by atoms with Gasteiger partial charge in [0, 0.05) is 18.2 Å². The smallest absolute Gasteiger partial charge is 0.251 e. The van der Waals surface area contributed by atoms with Gasteiger partial charge in [0.15, 0.2) is 23.1 Å². The van der Waals surface area contributed by atoms with Crippen molar-refractivity contribution in [1.29, 1.82) is 0 Å². The van der Waals surface area contributed by atoms with Crippen molar-refractivity contribution in [2.75, 3.05) is 7.11 Å². The van der Waals surface area contributed by atoms with E-state index in [2.05, 4.69) is 15.3 Å². The topological polar surface area (TPSA) is 119 Å². The first-order valence-corrected chi connectivity index (χ1v) is 8.66. The average Bonchev–Trinajstić information content (AvgIpc) is 2.73. The number of carbonyl (C=O) groups is 1. The minimum absolute atomic E-state index is 0.0224. The van der Waals surface area contributed by atoms with Gasteiger partial charge in [-0.3, -0.25) is 9.59 Å². The Labute approximate surface area is 165 Å². The highest BCUT2D eigenvalue weighted by atomic mass is 19.1. The van der Waals surface area contributed by atoms with Crippen molar-refractivity contribution in [3.8, 4) is 17.2 Å². The third-order valence-electron chi connectivity index (χ3n) is 4.04. The number of benzene rings is 2. The number of amides is 1. The van der Waals surface area contributed by atoms with Crippen molar-refractivity contribution in [2.24, 2.45) is 5.73 Å². The van der Waals surface area contributed by atoms with Gasteiger partial charge in [-0.25, -0.2) is 9.37 Å². The number of rotatable bonds is 7. The van der Waals surface area contributed by atoms with Crippen LogP contribution in [0.5, 0.6) is 17.2 Å². The van der Waals surface area contributed by atoms with E-state index >= 15 is 0 Å². The van der Waals surface area contributed by atoms with E-state index in [0.717, 1.165) is 0 Å². The molecule has 0 atom stereocenters. The van der Waals surface area contributed by atoms with Gasteiger partial charge < -0.3 is 25.5 Å². The molecule has 0 saturated carbocycles. The molecule has 0 bridgehead atoms. The first-order chi connectivity index (χ1) is 14.0. The highest BCUT2D eigenvalue weighted by Gasteiger charge is 2.14. The number of aromatic amines is 1. The Hall–Kier alpha value is -3.72. The molecule has 0 aliphatic carbocycles. The van der Waals surface area contributed by atoms with Gasteiger partial charge in [0.1, 0.15) is 0 Å². The zero-order chi connectivity index (χ0) is 20.8. The molecule has 1 aromatic heterocycles. The Morgan fingerprint density at radius 3 is 2.66 bits per heavy atom. The Morgan fingerprint density at radius 1 is 1.17 bits per heavy atom. The van der Waals surface area contributed by atoms with Crippen LogP contribution in [0.15, 0.2) is 53.6 Å². The molecule has 0 unspecified atom stereocenters. The monoisotopic (exact) mass is 398 g/mol. The number of nitrogens with two attached hydrogens (primary N) is 1. The van der Waals surface area contributed by atoms with Crippen molar-refractivity contribution in [3.63, 3.8) is 0 Å². The molecule has 0 saturated heterocycles. The van der Waals surface area contributed by atoms with Gasteiger partial charge in [-0.2, -0.15) is 0 Å². The molecule has 3 aromatic rings. The number of nitrogens with one attached hydrogen (secondary N) is 2. The maximum Gasteiger partial charge on any atom is 0.251 e. The van der Waals surface area contributed by atoms with E-state index in [1.165, 1.54) is 37.7 Å². The SMILES string of the molecule is COc1ccc(C(=O)NCc2cc(=O)[nH]cn2)cc1Oc1ccc(CN)cc1F. The lowest BCUT2D eigenvalue weighted by Gasteiger charge is -2.13. The normalized spacial score (nSPS) is 10.4. The fourth-order valence-corrected chi connectivity index (χ4v) is 2.55. The zero-order valence-corrected chi connectivity index (χ0v) is 15.6. The number of hydrogen-bond donors (Lipinski definition) is 3. The van der Waals surface area contributed by atoms with Crippen molar-refractivity contribution in [1.82, 2.24) is 15.3 Å². The van der Waals surface area contributed by atoms with Crippen molar-refractivity contribution in [3.05, 3.63) is 81.8 Å². The van der Waals surface area contributed by atoms with Gasteiger partial charge in [0.05, 0.1) is 25.7 Å². The van der Waals surface area contributed by atoms with E-state index in [4.69, 9.17) is 15.2 Å². The molecule has 29 heavy (non-hydrogen) atoms. The van der Waals surface area contributed by atoms with E-state index < -0.39 is 11.7 Å². The molecule has 1 amide bonds. The van der Waals surface area contributed by atoms with Crippen molar-refractivity contribution >= 4 is 5.91 Å². The molecule has 8 nitrogen and oxygen atoms in total. The molecule has 1 heterocycles. The van der Waals surface area contributed by atoms with Gasteiger partial charge >= 0.3 is 0 Å². The largest absolute Gasteiger partial charge is 0.493 e. The molecular formula is C20H19FN4O4. The number of ether oxygens (including phenoxy) is 2. The third-order valence-corrected chi connectivity index (χ3v) is 4.04. The summed E-state index contributed by atoms with van der Waals surface area (Å²) in [6, 6.07) is 10.2. The fraction of sp³-hybridized carbons (Fsp3) is 0.150. The summed E-state index contributed by atoms with van der Waals surface area (Å²) < 4.78 is 25.1. The maximum atomic E-state index is 14.2. The van der Waals surface area contributed by atoms with Gasteiger partial charge in [-0.05, 0) is 35.9 Å². The van der Waals surface area contributed by atoms with E-state index in [1.54, 1.807) is 18.2 Å². The van der Waals surface area contributed by atoms with Gasteiger partial charge in [-0.1, -0.05) is 6.07 Å². The van der Waals surface area contributed by atoms with Crippen LogP contribution in [-0.4, -0.2) is 23.0 Å². The van der Waals surface area contributed by atoms with Crippen LogP contribution in [0.3, 0.4) is 0 Å². The number of hydrogen-bond acceptors (Lipinski definition) is 6. The average molecular weight is 398 g/mol. The molecule has 0 radical (unpaired) electrons. The molecule has 4 N–H and O–H groups in total. The first-order valence-electron chi connectivity index (χ1n) is 8.66. The molecule has 0 spiro atoms.